The first kappa shape index (κ1) is 23.9. The van der Waals surface area contributed by atoms with Gasteiger partial charge >= 0.3 is 0 Å². The van der Waals surface area contributed by atoms with Crippen LogP contribution in [0, 0.1) is 0 Å². The molecular formula is C21H30I2N2P2. The lowest BCUT2D eigenvalue weighted by Gasteiger charge is -2.26. The first-order valence-corrected chi connectivity index (χ1v) is 15.5. The molecule has 0 saturated carbocycles. The Morgan fingerprint density at radius 3 is 1.56 bits per heavy atom. The van der Waals surface area contributed by atoms with Gasteiger partial charge in [0.15, 0.2) is 0 Å². The molecule has 0 aliphatic heterocycles. The zero-order valence-electron chi connectivity index (χ0n) is 16.3. The van der Waals surface area contributed by atoms with Crippen LogP contribution in [-0.2, 0) is 0 Å². The Hall–Kier alpha value is 0.620. The van der Waals surface area contributed by atoms with Crippen molar-refractivity contribution in [3.8, 4) is 0 Å². The van der Waals surface area contributed by atoms with E-state index in [1.54, 1.807) is 0 Å². The second-order valence-electron chi connectivity index (χ2n) is 6.56. The number of hydrogen-bond acceptors (Lipinski definition) is 2. The predicted octanol–water partition coefficient (Wildman–Crippen LogP) is 6.90. The average Bonchev–Trinajstić information content (AvgIpc) is 2.69. The maximum Gasteiger partial charge on any atom is 0.0641 e. The quantitative estimate of drug-likeness (QED) is 0.146. The van der Waals surface area contributed by atoms with Crippen molar-refractivity contribution < 1.29 is 0 Å². The van der Waals surface area contributed by atoms with Gasteiger partial charge in [-0.15, -0.1) is 0 Å². The Labute approximate surface area is 194 Å². The SMILES string of the molecule is CCCC(I)P(CCCP(c1ccccn1)C(I)CCC)c1ccccn1. The van der Waals surface area contributed by atoms with Gasteiger partial charge in [0.25, 0.3) is 0 Å². The molecule has 0 N–H and O–H groups in total. The molecule has 0 fully saturated rings. The van der Waals surface area contributed by atoms with Gasteiger partial charge in [-0.25, -0.2) is 0 Å². The third-order valence-corrected chi connectivity index (χ3v) is 14.9. The topological polar surface area (TPSA) is 25.8 Å². The number of hydrogen-bond donors (Lipinski definition) is 0. The summed E-state index contributed by atoms with van der Waals surface area (Å²) in [6.45, 7) is 4.59. The van der Waals surface area contributed by atoms with Crippen molar-refractivity contribution in [2.75, 3.05) is 12.3 Å². The van der Waals surface area contributed by atoms with Crippen LogP contribution in [0.4, 0.5) is 0 Å². The number of halogens is 2. The van der Waals surface area contributed by atoms with E-state index < -0.39 is 0 Å². The molecule has 0 radical (unpaired) electrons. The number of rotatable bonds is 12. The average molecular weight is 626 g/mol. The molecule has 0 aromatic carbocycles. The lowest BCUT2D eigenvalue weighted by Crippen LogP contribution is -2.17. The Morgan fingerprint density at radius 2 is 1.22 bits per heavy atom. The van der Waals surface area contributed by atoms with Crippen molar-refractivity contribution in [1.29, 1.82) is 0 Å². The van der Waals surface area contributed by atoms with Crippen LogP contribution in [0.2, 0.25) is 0 Å². The second-order valence-corrected chi connectivity index (χ2v) is 16.5. The van der Waals surface area contributed by atoms with Gasteiger partial charge in [-0.2, -0.15) is 0 Å². The summed E-state index contributed by atoms with van der Waals surface area (Å²) in [5.74, 6) is 0. The first-order chi connectivity index (χ1) is 13.2. The molecule has 2 heterocycles. The van der Waals surface area contributed by atoms with E-state index in [1.165, 1.54) is 55.3 Å². The van der Waals surface area contributed by atoms with Gasteiger partial charge in [0.1, 0.15) is 0 Å². The molecule has 0 bridgehead atoms. The molecule has 0 amide bonds. The van der Waals surface area contributed by atoms with Gasteiger partial charge in [-0.1, -0.05) is 84.0 Å². The van der Waals surface area contributed by atoms with E-state index in [1.807, 2.05) is 24.5 Å². The van der Waals surface area contributed by atoms with Crippen LogP contribution in [-0.4, -0.2) is 29.6 Å². The summed E-state index contributed by atoms with van der Waals surface area (Å²) in [4.78, 5) is 9.44. The van der Waals surface area contributed by atoms with Crippen LogP contribution in [0.25, 0.3) is 0 Å². The highest BCUT2D eigenvalue weighted by Crippen LogP contribution is 2.50. The van der Waals surface area contributed by atoms with E-state index in [-0.39, 0.29) is 15.8 Å². The Balaban J connectivity index is 2.05. The minimum Gasteiger partial charge on any atom is -0.257 e. The van der Waals surface area contributed by atoms with Gasteiger partial charge in [0.2, 0.25) is 0 Å². The van der Waals surface area contributed by atoms with E-state index >= 15 is 0 Å². The van der Waals surface area contributed by atoms with E-state index in [4.69, 9.17) is 9.97 Å². The zero-order valence-corrected chi connectivity index (χ0v) is 22.4. The molecule has 0 saturated heterocycles. The highest BCUT2D eigenvalue weighted by atomic mass is 127. The lowest BCUT2D eigenvalue weighted by molar-refractivity contribution is 0.872. The lowest BCUT2D eigenvalue weighted by atomic mass is 10.4. The van der Waals surface area contributed by atoms with E-state index in [0.29, 0.717) is 0 Å². The van der Waals surface area contributed by atoms with Crippen molar-refractivity contribution >= 4 is 71.9 Å². The minimum atomic E-state index is -0.187. The maximum atomic E-state index is 4.72. The predicted molar refractivity (Wildman–Crippen MR) is 141 cm³/mol. The molecule has 27 heavy (non-hydrogen) atoms. The minimum absolute atomic E-state index is 0.187. The molecule has 148 valence electrons. The summed E-state index contributed by atoms with van der Waals surface area (Å²) in [6.07, 6.45) is 12.9. The van der Waals surface area contributed by atoms with Gasteiger partial charge in [-0.05, 0) is 71.7 Å². The fraction of sp³-hybridized carbons (Fsp3) is 0.524. The van der Waals surface area contributed by atoms with Gasteiger partial charge in [0.05, 0.1) is 10.9 Å². The largest absolute Gasteiger partial charge is 0.257 e. The fourth-order valence-corrected chi connectivity index (χ4v) is 12.6. The fourth-order valence-electron chi connectivity index (χ4n) is 3.04. The second kappa shape index (κ2) is 13.8. The standard InChI is InChI=1S/C21H30I2N2P2/c1-3-10-18(22)26(20-12-5-7-14-24-20)16-9-17-27(19(23)11-4-2)21-13-6-8-15-25-21/h5-8,12-15,18-19H,3-4,9-11,16-17H2,1-2H3. The normalized spacial score (nSPS) is 15.9. The number of aromatic nitrogens is 2. The molecule has 2 rings (SSSR count). The molecule has 2 nitrogen and oxygen atoms in total. The molecule has 0 spiro atoms. The molecule has 0 aliphatic carbocycles. The van der Waals surface area contributed by atoms with Crippen molar-refractivity contribution in [2.45, 2.75) is 53.3 Å². The van der Waals surface area contributed by atoms with Crippen molar-refractivity contribution in [3.63, 3.8) is 0 Å². The monoisotopic (exact) mass is 626 g/mol. The molecule has 4 atom stereocenters. The molecule has 0 aliphatic rings. The highest BCUT2D eigenvalue weighted by Gasteiger charge is 2.24. The van der Waals surface area contributed by atoms with Crippen molar-refractivity contribution in [2.24, 2.45) is 0 Å². The van der Waals surface area contributed by atoms with Crippen LogP contribution < -0.4 is 10.9 Å². The number of alkyl halides is 2. The summed E-state index contributed by atoms with van der Waals surface area (Å²) < 4.78 is 1.45. The molecule has 2 aromatic rings. The van der Waals surface area contributed by atoms with Crippen molar-refractivity contribution in [3.05, 3.63) is 48.8 Å². The number of pyridine rings is 2. The van der Waals surface area contributed by atoms with Crippen LogP contribution in [0.1, 0.15) is 46.0 Å². The number of nitrogens with zero attached hydrogens (tertiary/aromatic N) is 2. The summed E-state index contributed by atoms with van der Waals surface area (Å²) in [5, 5.41) is 0. The Kier molecular flexibility index (Phi) is 12.2. The molecule has 6 heteroatoms. The van der Waals surface area contributed by atoms with E-state index in [9.17, 15) is 0 Å². The molecule has 2 aromatic heterocycles. The zero-order chi connectivity index (χ0) is 19.5. The third kappa shape index (κ3) is 8.10. The van der Waals surface area contributed by atoms with Crippen LogP contribution in [0.5, 0.6) is 0 Å². The van der Waals surface area contributed by atoms with Crippen molar-refractivity contribution in [1.82, 2.24) is 9.97 Å². The Morgan fingerprint density at radius 1 is 0.778 bits per heavy atom. The summed E-state index contributed by atoms with van der Waals surface area (Å²) in [7, 11) is -0.373. The van der Waals surface area contributed by atoms with Crippen LogP contribution >= 0.6 is 61.0 Å². The summed E-state index contributed by atoms with van der Waals surface area (Å²) in [6, 6.07) is 12.8. The molecular weight excluding hydrogens is 596 g/mol. The van der Waals surface area contributed by atoms with Crippen LogP contribution in [0.3, 0.4) is 0 Å². The van der Waals surface area contributed by atoms with Gasteiger partial charge in [-0.3, -0.25) is 9.97 Å². The maximum absolute atomic E-state index is 4.72. The van der Waals surface area contributed by atoms with E-state index in [0.717, 1.165) is 7.33 Å². The Bertz CT molecular complexity index is 575. The van der Waals surface area contributed by atoms with Gasteiger partial charge < -0.3 is 0 Å². The smallest absolute Gasteiger partial charge is 0.0641 e. The van der Waals surface area contributed by atoms with Gasteiger partial charge in [0, 0.05) is 19.7 Å². The first-order valence-electron chi connectivity index (χ1n) is 9.80. The summed E-state index contributed by atoms with van der Waals surface area (Å²) in [5.41, 5.74) is 2.67. The summed E-state index contributed by atoms with van der Waals surface area (Å²) >= 11 is 5.37. The molecule has 4 unspecified atom stereocenters. The van der Waals surface area contributed by atoms with Crippen LogP contribution in [0.15, 0.2) is 48.8 Å². The highest BCUT2D eigenvalue weighted by molar-refractivity contribution is 14.1. The third-order valence-electron chi connectivity index (χ3n) is 4.42. The van der Waals surface area contributed by atoms with E-state index in [2.05, 4.69) is 83.3 Å².